The molecule has 0 aromatic carbocycles. The molecule has 16 nitrogen and oxygen atoms in total. The number of nitrogens with one attached hydrogen (secondary N) is 4. The summed E-state index contributed by atoms with van der Waals surface area (Å²) < 4.78 is 0. The first-order valence-corrected chi connectivity index (χ1v) is 9.86. The Balaban J connectivity index is 2.92. The van der Waals surface area contributed by atoms with Gasteiger partial charge in [0.1, 0.15) is 18.1 Å². The van der Waals surface area contributed by atoms with E-state index in [-0.39, 0.29) is 6.42 Å². The summed E-state index contributed by atoms with van der Waals surface area (Å²) in [5, 5.41) is 34.3. The van der Waals surface area contributed by atoms with E-state index >= 15 is 0 Å². The standard InChI is InChI=1S/C18H27N7O9/c1-7(26)14(25-15(30)9(19)2-8-5-21-6-22-8)17(32)23-10(4-13(28)29)16(31)24-11(18(33)34)3-12(20)27/h5-7,9-11,14,26H,2-4,19H2,1H3,(H2,20,27)(H,21,22)(H,23,32)(H,24,31)(H,25,30)(H,28,29)(H,33,34). The average Bonchev–Trinajstić information content (AvgIpc) is 3.22. The van der Waals surface area contributed by atoms with E-state index in [4.69, 9.17) is 21.7 Å². The van der Waals surface area contributed by atoms with Crippen molar-refractivity contribution < 1.29 is 44.1 Å². The van der Waals surface area contributed by atoms with Crippen LogP contribution in [-0.2, 0) is 35.2 Å². The van der Waals surface area contributed by atoms with Crippen LogP contribution < -0.4 is 27.4 Å². The van der Waals surface area contributed by atoms with E-state index in [9.17, 15) is 33.9 Å². The fraction of sp³-hybridized carbons (Fsp3) is 0.500. The van der Waals surface area contributed by atoms with Crippen LogP contribution in [0.3, 0.4) is 0 Å². The Labute approximate surface area is 192 Å². The molecule has 0 bridgehead atoms. The summed E-state index contributed by atoms with van der Waals surface area (Å²) >= 11 is 0. The molecule has 1 aromatic rings. The van der Waals surface area contributed by atoms with Gasteiger partial charge in [0.05, 0.1) is 31.3 Å². The fourth-order valence-electron chi connectivity index (χ4n) is 2.71. The molecule has 5 atom stereocenters. The van der Waals surface area contributed by atoms with Crippen LogP contribution in [0.25, 0.3) is 0 Å². The first-order chi connectivity index (χ1) is 15.8. The molecule has 16 heteroatoms. The highest BCUT2D eigenvalue weighted by molar-refractivity contribution is 5.96. The highest BCUT2D eigenvalue weighted by Gasteiger charge is 2.33. The van der Waals surface area contributed by atoms with Crippen molar-refractivity contribution >= 4 is 35.6 Å². The van der Waals surface area contributed by atoms with E-state index in [0.717, 1.165) is 6.92 Å². The summed E-state index contributed by atoms with van der Waals surface area (Å²) in [6, 6.07) is -6.36. The molecule has 11 N–H and O–H groups in total. The van der Waals surface area contributed by atoms with Crippen molar-refractivity contribution in [3.8, 4) is 0 Å². The maximum Gasteiger partial charge on any atom is 0.326 e. The molecular weight excluding hydrogens is 458 g/mol. The van der Waals surface area contributed by atoms with E-state index in [0.29, 0.717) is 5.69 Å². The molecule has 1 heterocycles. The van der Waals surface area contributed by atoms with Crippen molar-refractivity contribution in [2.24, 2.45) is 11.5 Å². The zero-order chi connectivity index (χ0) is 26.0. The van der Waals surface area contributed by atoms with Gasteiger partial charge < -0.3 is 47.7 Å². The molecule has 0 fully saturated rings. The Bertz CT molecular complexity index is 904. The van der Waals surface area contributed by atoms with Crippen LogP contribution in [0.4, 0.5) is 0 Å². The van der Waals surface area contributed by atoms with Crippen LogP contribution in [0, 0.1) is 0 Å². The third-order valence-electron chi connectivity index (χ3n) is 4.43. The van der Waals surface area contributed by atoms with Crippen molar-refractivity contribution in [1.29, 1.82) is 0 Å². The lowest BCUT2D eigenvalue weighted by atomic mass is 10.1. The van der Waals surface area contributed by atoms with Crippen LogP contribution in [0.5, 0.6) is 0 Å². The molecule has 4 amide bonds. The topological polar surface area (TPSA) is 280 Å². The number of aliphatic hydroxyl groups excluding tert-OH is 1. The first kappa shape index (κ1) is 28.0. The molecule has 0 radical (unpaired) electrons. The highest BCUT2D eigenvalue weighted by atomic mass is 16.4. The molecule has 0 spiro atoms. The van der Waals surface area contributed by atoms with Gasteiger partial charge in [-0.15, -0.1) is 0 Å². The summed E-state index contributed by atoms with van der Waals surface area (Å²) in [6.07, 6.45) is -0.406. The Kier molecular flexibility index (Phi) is 10.6. The third-order valence-corrected chi connectivity index (χ3v) is 4.43. The number of nitrogens with zero attached hydrogens (tertiary/aromatic N) is 1. The van der Waals surface area contributed by atoms with Crippen molar-refractivity contribution in [1.82, 2.24) is 25.9 Å². The minimum absolute atomic E-state index is 0.0282. The van der Waals surface area contributed by atoms with Gasteiger partial charge in [-0.2, -0.15) is 0 Å². The monoisotopic (exact) mass is 485 g/mol. The Morgan fingerprint density at radius 1 is 1.00 bits per heavy atom. The number of aliphatic hydroxyl groups is 1. The SMILES string of the molecule is CC(O)C(NC(=O)C(N)Cc1cnc[nH]1)C(=O)NC(CC(=O)O)C(=O)NC(CC(N)=O)C(=O)O. The summed E-state index contributed by atoms with van der Waals surface area (Å²) in [6.45, 7) is 1.16. The van der Waals surface area contributed by atoms with E-state index in [1.54, 1.807) is 0 Å². The second-order valence-corrected chi connectivity index (χ2v) is 7.34. The van der Waals surface area contributed by atoms with E-state index in [1.165, 1.54) is 12.5 Å². The number of carbonyl (C=O) groups excluding carboxylic acids is 4. The van der Waals surface area contributed by atoms with Crippen LogP contribution in [0.1, 0.15) is 25.5 Å². The molecule has 1 rings (SSSR count). The zero-order valence-corrected chi connectivity index (χ0v) is 18.1. The lowest BCUT2D eigenvalue weighted by Crippen LogP contribution is -2.60. The molecule has 1 aromatic heterocycles. The van der Waals surface area contributed by atoms with Crippen LogP contribution in [-0.4, -0.2) is 91.1 Å². The Hall–Kier alpha value is -4.05. The van der Waals surface area contributed by atoms with Gasteiger partial charge in [-0.05, 0) is 6.92 Å². The molecule has 5 unspecified atom stereocenters. The zero-order valence-electron chi connectivity index (χ0n) is 18.1. The van der Waals surface area contributed by atoms with Crippen LogP contribution >= 0.6 is 0 Å². The van der Waals surface area contributed by atoms with Gasteiger partial charge in [0.25, 0.3) is 0 Å². The van der Waals surface area contributed by atoms with E-state index < -0.39 is 78.7 Å². The maximum absolute atomic E-state index is 12.6. The second kappa shape index (κ2) is 12.9. The average molecular weight is 485 g/mol. The second-order valence-electron chi connectivity index (χ2n) is 7.34. The number of carbonyl (C=O) groups is 6. The van der Waals surface area contributed by atoms with Crippen molar-refractivity contribution in [3.63, 3.8) is 0 Å². The summed E-state index contributed by atoms with van der Waals surface area (Å²) in [5.41, 5.74) is 11.2. The number of amides is 4. The number of hydrogen-bond acceptors (Lipinski definition) is 9. The number of H-pyrrole nitrogens is 1. The molecular formula is C18H27N7O9. The van der Waals surface area contributed by atoms with E-state index in [1.807, 2.05) is 10.6 Å². The quantitative estimate of drug-likeness (QED) is 0.121. The van der Waals surface area contributed by atoms with Crippen molar-refractivity contribution in [2.45, 2.75) is 56.5 Å². The normalized spacial score (nSPS) is 15.1. The number of nitrogens with two attached hydrogens (primary N) is 2. The maximum atomic E-state index is 12.6. The number of primary amides is 1. The highest BCUT2D eigenvalue weighted by Crippen LogP contribution is 2.03. The van der Waals surface area contributed by atoms with Crippen molar-refractivity contribution in [3.05, 3.63) is 18.2 Å². The number of aliphatic carboxylic acids is 2. The molecule has 34 heavy (non-hydrogen) atoms. The van der Waals surface area contributed by atoms with Crippen LogP contribution in [0.2, 0.25) is 0 Å². The first-order valence-electron chi connectivity index (χ1n) is 9.86. The number of carboxylic acid groups (broad SMARTS) is 2. The van der Waals surface area contributed by atoms with Gasteiger partial charge in [0.15, 0.2) is 0 Å². The Morgan fingerprint density at radius 2 is 1.62 bits per heavy atom. The fourth-order valence-corrected chi connectivity index (χ4v) is 2.71. The lowest BCUT2D eigenvalue weighted by Gasteiger charge is -2.25. The van der Waals surface area contributed by atoms with Gasteiger partial charge >= 0.3 is 11.9 Å². The van der Waals surface area contributed by atoms with Gasteiger partial charge in [-0.25, -0.2) is 9.78 Å². The predicted octanol–water partition coefficient (Wildman–Crippen LogP) is -4.45. The van der Waals surface area contributed by atoms with Gasteiger partial charge in [0, 0.05) is 18.3 Å². The molecule has 0 saturated heterocycles. The van der Waals surface area contributed by atoms with Gasteiger partial charge in [0.2, 0.25) is 23.6 Å². The summed E-state index contributed by atoms with van der Waals surface area (Å²) in [4.78, 5) is 77.3. The number of aromatic amines is 1. The lowest BCUT2D eigenvalue weighted by molar-refractivity contribution is -0.145. The predicted molar refractivity (Wildman–Crippen MR) is 111 cm³/mol. The number of hydrogen-bond donors (Lipinski definition) is 9. The summed E-state index contributed by atoms with van der Waals surface area (Å²) in [7, 11) is 0. The van der Waals surface area contributed by atoms with Crippen LogP contribution in [0.15, 0.2) is 12.5 Å². The molecule has 0 aliphatic carbocycles. The minimum atomic E-state index is -1.81. The van der Waals surface area contributed by atoms with Gasteiger partial charge in [-0.3, -0.25) is 24.0 Å². The largest absolute Gasteiger partial charge is 0.481 e. The Morgan fingerprint density at radius 3 is 2.09 bits per heavy atom. The van der Waals surface area contributed by atoms with Crippen molar-refractivity contribution in [2.75, 3.05) is 0 Å². The molecule has 0 aliphatic heterocycles. The third kappa shape index (κ3) is 9.21. The summed E-state index contributed by atoms with van der Waals surface area (Å²) in [5.74, 6) is -7.40. The molecule has 0 saturated carbocycles. The van der Waals surface area contributed by atoms with Gasteiger partial charge in [-0.1, -0.05) is 0 Å². The minimum Gasteiger partial charge on any atom is -0.481 e. The number of imidazole rings is 1. The van der Waals surface area contributed by atoms with E-state index in [2.05, 4.69) is 15.3 Å². The molecule has 188 valence electrons. The smallest absolute Gasteiger partial charge is 0.326 e. The molecule has 0 aliphatic rings. The number of rotatable bonds is 14. The number of aromatic nitrogens is 2. The number of carboxylic acids is 2.